The minimum atomic E-state index is -0.0227. The zero-order valence-electron chi connectivity index (χ0n) is 13.5. The Morgan fingerprint density at radius 2 is 2.04 bits per heavy atom. The van der Waals surface area contributed by atoms with E-state index >= 15 is 0 Å². The lowest BCUT2D eigenvalue weighted by molar-refractivity contribution is 0.124. The van der Waals surface area contributed by atoms with Gasteiger partial charge in [-0.15, -0.1) is 0 Å². The molecule has 5 heteroatoms. The molecule has 1 atom stereocenters. The summed E-state index contributed by atoms with van der Waals surface area (Å²) < 4.78 is 5.88. The first kappa shape index (κ1) is 15.5. The van der Waals surface area contributed by atoms with Crippen LogP contribution in [0.2, 0.25) is 0 Å². The minimum absolute atomic E-state index is 0.0227. The SMILES string of the molecule is CN(C)CCO/N=C1/c2ccccc2OCC1c1ccccn1. The molecule has 0 aliphatic carbocycles. The van der Waals surface area contributed by atoms with E-state index in [1.54, 1.807) is 6.20 Å². The Morgan fingerprint density at radius 1 is 1.22 bits per heavy atom. The average molecular weight is 311 g/mol. The van der Waals surface area contributed by atoms with Crippen molar-refractivity contribution < 1.29 is 9.57 Å². The van der Waals surface area contributed by atoms with E-state index in [9.17, 15) is 0 Å². The van der Waals surface area contributed by atoms with Crippen LogP contribution >= 0.6 is 0 Å². The molecule has 1 unspecified atom stereocenters. The van der Waals surface area contributed by atoms with E-state index in [1.165, 1.54) is 0 Å². The summed E-state index contributed by atoms with van der Waals surface area (Å²) >= 11 is 0. The van der Waals surface area contributed by atoms with Gasteiger partial charge in [-0.1, -0.05) is 23.4 Å². The zero-order chi connectivity index (χ0) is 16.1. The molecular formula is C18H21N3O2. The van der Waals surface area contributed by atoms with Crippen molar-refractivity contribution in [3.05, 3.63) is 59.9 Å². The van der Waals surface area contributed by atoms with Crippen LogP contribution in [-0.4, -0.2) is 49.4 Å². The monoisotopic (exact) mass is 311 g/mol. The number of rotatable bonds is 5. The Morgan fingerprint density at radius 3 is 2.83 bits per heavy atom. The third kappa shape index (κ3) is 3.68. The first-order valence-electron chi connectivity index (χ1n) is 7.73. The van der Waals surface area contributed by atoms with Crippen molar-refractivity contribution in [3.63, 3.8) is 0 Å². The highest BCUT2D eigenvalue weighted by Crippen LogP contribution is 2.32. The lowest BCUT2D eigenvalue weighted by Crippen LogP contribution is -2.28. The Kier molecular flexibility index (Phi) is 4.88. The molecule has 0 saturated carbocycles. The van der Waals surface area contributed by atoms with E-state index in [0.717, 1.165) is 29.3 Å². The van der Waals surface area contributed by atoms with Gasteiger partial charge in [0, 0.05) is 18.3 Å². The summed E-state index contributed by atoms with van der Waals surface area (Å²) in [5, 5.41) is 4.42. The normalized spacial score (nSPS) is 18.6. The minimum Gasteiger partial charge on any atom is -0.492 e. The molecule has 3 rings (SSSR count). The first-order valence-corrected chi connectivity index (χ1v) is 7.73. The van der Waals surface area contributed by atoms with Crippen LogP contribution in [0, 0.1) is 0 Å². The first-order chi connectivity index (χ1) is 11.3. The van der Waals surface area contributed by atoms with Gasteiger partial charge in [0.2, 0.25) is 0 Å². The van der Waals surface area contributed by atoms with E-state index < -0.39 is 0 Å². The van der Waals surface area contributed by atoms with Crippen molar-refractivity contribution in [3.8, 4) is 5.75 Å². The summed E-state index contributed by atoms with van der Waals surface area (Å²) in [7, 11) is 4.02. The molecule has 1 aromatic heterocycles. The Labute approximate surface area is 136 Å². The van der Waals surface area contributed by atoms with Gasteiger partial charge in [0.1, 0.15) is 24.7 Å². The van der Waals surface area contributed by atoms with E-state index in [1.807, 2.05) is 56.6 Å². The van der Waals surface area contributed by atoms with Crippen molar-refractivity contribution in [1.82, 2.24) is 9.88 Å². The molecule has 120 valence electrons. The van der Waals surface area contributed by atoms with E-state index in [0.29, 0.717) is 13.2 Å². The van der Waals surface area contributed by atoms with Crippen LogP contribution in [0.1, 0.15) is 17.2 Å². The molecule has 0 spiro atoms. The van der Waals surface area contributed by atoms with Crippen LogP contribution in [0.3, 0.4) is 0 Å². The fourth-order valence-electron chi connectivity index (χ4n) is 2.50. The van der Waals surface area contributed by atoms with Gasteiger partial charge < -0.3 is 14.5 Å². The number of pyridine rings is 1. The second-order valence-electron chi connectivity index (χ2n) is 5.73. The van der Waals surface area contributed by atoms with E-state index in [2.05, 4.69) is 15.0 Å². The summed E-state index contributed by atoms with van der Waals surface area (Å²) in [4.78, 5) is 12.1. The quantitative estimate of drug-likeness (QED) is 0.629. The highest BCUT2D eigenvalue weighted by Gasteiger charge is 2.29. The second kappa shape index (κ2) is 7.24. The average Bonchev–Trinajstić information content (AvgIpc) is 2.59. The summed E-state index contributed by atoms with van der Waals surface area (Å²) in [5.74, 6) is 0.820. The summed E-state index contributed by atoms with van der Waals surface area (Å²) in [6.45, 7) is 1.89. The number of fused-ring (bicyclic) bond motifs is 1. The number of benzene rings is 1. The van der Waals surface area contributed by atoms with Crippen LogP contribution in [0.4, 0.5) is 0 Å². The maximum Gasteiger partial charge on any atom is 0.129 e. The van der Waals surface area contributed by atoms with Gasteiger partial charge >= 0.3 is 0 Å². The van der Waals surface area contributed by atoms with Crippen molar-refractivity contribution >= 4 is 5.71 Å². The number of para-hydroxylation sites is 1. The van der Waals surface area contributed by atoms with Crippen LogP contribution in [0.15, 0.2) is 53.8 Å². The van der Waals surface area contributed by atoms with Gasteiger partial charge in [-0.3, -0.25) is 4.98 Å². The number of nitrogens with zero attached hydrogens (tertiary/aromatic N) is 3. The summed E-state index contributed by atoms with van der Waals surface area (Å²) in [6, 6.07) is 13.8. The molecule has 0 fully saturated rings. The lowest BCUT2D eigenvalue weighted by atomic mass is 9.91. The van der Waals surface area contributed by atoms with Crippen LogP contribution in [0.25, 0.3) is 0 Å². The Balaban J connectivity index is 1.89. The lowest BCUT2D eigenvalue weighted by Gasteiger charge is -2.26. The molecule has 0 bridgehead atoms. The molecule has 2 heterocycles. The highest BCUT2D eigenvalue weighted by molar-refractivity contribution is 6.07. The van der Waals surface area contributed by atoms with Gasteiger partial charge in [0.15, 0.2) is 0 Å². The highest BCUT2D eigenvalue weighted by atomic mass is 16.6. The van der Waals surface area contributed by atoms with Gasteiger partial charge in [-0.05, 0) is 38.4 Å². The fourth-order valence-corrected chi connectivity index (χ4v) is 2.50. The van der Waals surface area contributed by atoms with Crippen molar-refractivity contribution in [1.29, 1.82) is 0 Å². The number of aromatic nitrogens is 1. The van der Waals surface area contributed by atoms with Crippen LogP contribution in [0.5, 0.6) is 5.75 Å². The number of hydrogen-bond donors (Lipinski definition) is 0. The molecule has 2 aromatic rings. The smallest absolute Gasteiger partial charge is 0.129 e. The molecule has 0 radical (unpaired) electrons. The zero-order valence-corrected chi connectivity index (χ0v) is 13.5. The van der Waals surface area contributed by atoms with Crippen molar-refractivity contribution in [2.24, 2.45) is 5.16 Å². The second-order valence-corrected chi connectivity index (χ2v) is 5.73. The molecule has 1 aromatic carbocycles. The molecule has 0 saturated heterocycles. The molecule has 0 amide bonds. The largest absolute Gasteiger partial charge is 0.492 e. The third-order valence-corrected chi connectivity index (χ3v) is 3.74. The summed E-state index contributed by atoms with van der Waals surface area (Å²) in [5.41, 5.74) is 2.79. The molecule has 1 aliphatic rings. The van der Waals surface area contributed by atoms with Gasteiger partial charge in [-0.25, -0.2) is 0 Å². The predicted octanol–water partition coefficient (Wildman–Crippen LogP) is 2.54. The number of ether oxygens (including phenoxy) is 1. The van der Waals surface area contributed by atoms with Crippen molar-refractivity contribution in [2.45, 2.75) is 5.92 Å². The number of oxime groups is 1. The van der Waals surface area contributed by atoms with Crippen LogP contribution < -0.4 is 4.74 Å². The number of likely N-dealkylation sites (N-methyl/N-ethyl adjacent to an activating group) is 1. The number of hydrogen-bond acceptors (Lipinski definition) is 5. The van der Waals surface area contributed by atoms with Gasteiger partial charge in [-0.2, -0.15) is 0 Å². The molecule has 23 heavy (non-hydrogen) atoms. The predicted molar refractivity (Wildman–Crippen MR) is 90.0 cm³/mol. The third-order valence-electron chi connectivity index (χ3n) is 3.74. The standard InChI is InChI=1S/C18H21N3O2/c1-21(2)11-12-23-20-18-14-7-3-4-9-17(14)22-13-15(18)16-8-5-6-10-19-16/h3-10,15H,11-13H2,1-2H3/b20-18-. The summed E-state index contributed by atoms with van der Waals surface area (Å²) in [6.07, 6.45) is 1.79. The van der Waals surface area contributed by atoms with Crippen molar-refractivity contribution in [2.75, 3.05) is 33.9 Å². The van der Waals surface area contributed by atoms with E-state index in [-0.39, 0.29) is 5.92 Å². The van der Waals surface area contributed by atoms with Gasteiger partial charge in [0.05, 0.1) is 11.6 Å². The Hall–Kier alpha value is -2.40. The Bertz CT molecular complexity index is 671. The molecule has 5 nitrogen and oxygen atoms in total. The fraction of sp³-hybridized carbons (Fsp3) is 0.333. The molecule has 0 N–H and O–H groups in total. The maximum absolute atomic E-state index is 5.88. The molecule has 1 aliphatic heterocycles. The van der Waals surface area contributed by atoms with Crippen LogP contribution in [-0.2, 0) is 4.84 Å². The topological polar surface area (TPSA) is 47.0 Å². The molecular weight excluding hydrogens is 290 g/mol. The van der Waals surface area contributed by atoms with Gasteiger partial charge in [0.25, 0.3) is 0 Å². The maximum atomic E-state index is 5.88. The van der Waals surface area contributed by atoms with E-state index in [4.69, 9.17) is 9.57 Å².